The smallest absolute Gasteiger partial charge is 0.145 e. The van der Waals surface area contributed by atoms with Crippen LogP contribution in [0.2, 0.25) is 0 Å². The van der Waals surface area contributed by atoms with E-state index in [1.54, 1.807) is 13.1 Å². The van der Waals surface area contributed by atoms with Gasteiger partial charge >= 0.3 is 0 Å². The average molecular weight is 295 g/mol. The summed E-state index contributed by atoms with van der Waals surface area (Å²) in [5, 5.41) is 18.9. The van der Waals surface area contributed by atoms with Crippen LogP contribution in [0.15, 0.2) is 22.5 Å². The topological polar surface area (TPSA) is 71.0 Å². The highest BCUT2D eigenvalue weighted by atomic mass is 19.1. The molecule has 0 saturated heterocycles. The van der Waals surface area contributed by atoms with Crippen LogP contribution in [0.5, 0.6) is 0 Å². The van der Waals surface area contributed by atoms with Crippen LogP contribution in [-0.2, 0) is 0 Å². The molecule has 118 valence electrons. The van der Waals surface area contributed by atoms with Crippen molar-refractivity contribution in [1.82, 2.24) is 0 Å². The maximum absolute atomic E-state index is 13.9. The summed E-state index contributed by atoms with van der Waals surface area (Å²) < 4.78 is 13.9. The second-order valence-electron chi connectivity index (χ2n) is 6.76. The van der Waals surface area contributed by atoms with Gasteiger partial charge in [-0.15, -0.1) is 0 Å². The van der Waals surface area contributed by atoms with E-state index < -0.39 is 11.8 Å². The SMILES string of the molecule is CC1=NN=C(C2CC(C)C(C/C=C/N)CC2(C)O)CC1F. The number of rotatable bonds is 3. The van der Waals surface area contributed by atoms with Crippen LogP contribution in [0.3, 0.4) is 0 Å². The summed E-state index contributed by atoms with van der Waals surface area (Å²) in [5.41, 5.74) is 5.68. The molecule has 1 aliphatic heterocycles. The fraction of sp³-hybridized carbons (Fsp3) is 0.750. The molecule has 0 amide bonds. The summed E-state index contributed by atoms with van der Waals surface area (Å²) in [6, 6.07) is 0. The normalized spacial score (nSPS) is 41.0. The van der Waals surface area contributed by atoms with Gasteiger partial charge in [0, 0.05) is 18.1 Å². The Labute approximate surface area is 126 Å². The summed E-state index contributed by atoms with van der Waals surface area (Å²) >= 11 is 0. The molecule has 2 rings (SSSR count). The highest BCUT2D eigenvalue weighted by Gasteiger charge is 2.45. The number of allylic oxidation sites excluding steroid dienone is 1. The molecule has 1 aliphatic carbocycles. The van der Waals surface area contributed by atoms with Gasteiger partial charge in [-0.1, -0.05) is 13.0 Å². The predicted octanol–water partition coefficient (Wildman–Crippen LogP) is 2.82. The summed E-state index contributed by atoms with van der Waals surface area (Å²) in [7, 11) is 0. The quantitative estimate of drug-likeness (QED) is 0.840. The highest BCUT2D eigenvalue weighted by Crippen LogP contribution is 2.43. The molecule has 5 atom stereocenters. The van der Waals surface area contributed by atoms with E-state index in [1.807, 2.05) is 13.0 Å². The first-order valence-corrected chi connectivity index (χ1v) is 7.69. The minimum absolute atomic E-state index is 0.110. The molecule has 5 heteroatoms. The largest absolute Gasteiger partial charge is 0.405 e. The molecular formula is C16H26FN3O. The van der Waals surface area contributed by atoms with E-state index in [0.717, 1.165) is 12.8 Å². The summed E-state index contributed by atoms with van der Waals surface area (Å²) in [6.45, 7) is 5.67. The first-order chi connectivity index (χ1) is 9.85. The lowest BCUT2D eigenvalue weighted by Crippen LogP contribution is -2.48. The van der Waals surface area contributed by atoms with Gasteiger partial charge in [0.1, 0.15) is 6.17 Å². The van der Waals surface area contributed by atoms with Crippen molar-refractivity contribution < 1.29 is 9.50 Å². The number of aliphatic hydroxyl groups is 1. The summed E-state index contributed by atoms with van der Waals surface area (Å²) in [6.07, 6.45) is 5.07. The van der Waals surface area contributed by atoms with Gasteiger partial charge in [-0.05, 0) is 51.1 Å². The number of alkyl halides is 1. The van der Waals surface area contributed by atoms with Gasteiger partial charge in [0.15, 0.2) is 0 Å². The van der Waals surface area contributed by atoms with Gasteiger partial charge in [0.25, 0.3) is 0 Å². The summed E-state index contributed by atoms with van der Waals surface area (Å²) in [5.74, 6) is 0.728. The zero-order valence-electron chi connectivity index (χ0n) is 13.1. The Morgan fingerprint density at radius 3 is 2.81 bits per heavy atom. The molecule has 21 heavy (non-hydrogen) atoms. The van der Waals surface area contributed by atoms with Crippen LogP contribution in [0.25, 0.3) is 0 Å². The molecular weight excluding hydrogens is 269 g/mol. The second-order valence-corrected chi connectivity index (χ2v) is 6.76. The molecule has 0 bridgehead atoms. The Bertz CT molecular complexity index is 470. The van der Waals surface area contributed by atoms with Crippen LogP contribution in [0.4, 0.5) is 4.39 Å². The zero-order valence-corrected chi connectivity index (χ0v) is 13.1. The molecule has 4 nitrogen and oxygen atoms in total. The Morgan fingerprint density at radius 2 is 2.19 bits per heavy atom. The molecule has 0 aromatic rings. The van der Waals surface area contributed by atoms with Gasteiger partial charge in [0.2, 0.25) is 0 Å². The molecule has 1 saturated carbocycles. The summed E-state index contributed by atoms with van der Waals surface area (Å²) in [4.78, 5) is 0. The Balaban J connectivity index is 2.15. The van der Waals surface area contributed by atoms with Gasteiger partial charge in [0.05, 0.1) is 11.3 Å². The third-order valence-electron chi connectivity index (χ3n) is 4.99. The highest BCUT2D eigenvalue weighted by molar-refractivity contribution is 5.98. The van der Waals surface area contributed by atoms with E-state index in [4.69, 9.17) is 5.73 Å². The zero-order chi connectivity index (χ0) is 15.6. The Morgan fingerprint density at radius 1 is 1.48 bits per heavy atom. The first-order valence-electron chi connectivity index (χ1n) is 7.69. The van der Waals surface area contributed by atoms with E-state index in [2.05, 4.69) is 17.1 Å². The molecule has 1 heterocycles. The minimum Gasteiger partial charge on any atom is -0.405 e. The van der Waals surface area contributed by atoms with Crippen molar-refractivity contribution in [3.8, 4) is 0 Å². The van der Waals surface area contributed by atoms with Crippen molar-refractivity contribution in [2.24, 2.45) is 33.7 Å². The maximum Gasteiger partial charge on any atom is 0.145 e. The monoisotopic (exact) mass is 295 g/mol. The number of nitrogens with two attached hydrogens (primary N) is 1. The van der Waals surface area contributed by atoms with E-state index in [9.17, 15) is 9.50 Å². The maximum atomic E-state index is 13.9. The van der Waals surface area contributed by atoms with Crippen LogP contribution >= 0.6 is 0 Å². The van der Waals surface area contributed by atoms with Crippen LogP contribution in [0.1, 0.15) is 46.5 Å². The average Bonchev–Trinajstić information content (AvgIpc) is 2.42. The van der Waals surface area contributed by atoms with Crippen molar-refractivity contribution in [3.05, 3.63) is 12.3 Å². The van der Waals surface area contributed by atoms with E-state index in [1.165, 1.54) is 0 Å². The third-order valence-corrected chi connectivity index (χ3v) is 4.99. The Hall–Kier alpha value is -1.23. The van der Waals surface area contributed by atoms with E-state index >= 15 is 0 Å². The molecule has 0 spiro atoms. The number of hydrogen-bond donors (Lipinski definition) is 2. The van der Waals surface area contributed by atoms with Gasteiger partial charge in [-0.2, -0.15) is 10.2 Å². The third kappa shape index (κ3) is 3.51. The molecule has 2 aliphatic rings. The molecule has 3 N–H and O–H groups in total. The molecule has 0 aromatic heterocycles. The number of nitrogens with zero attached hydrogens (tertiary/aromatic N) is 2. The van der Waals surface area contributed by atoms with Crippen molar-refractivity contribution >= 4 is 11.4 Å². The first kappa shape index (κ1) is 16.1. The fourth-order valence-electron chi connectivity index (χ4n) is 3.55. The lowest BCUT2D eigenvalue weighted by atomic mass is 9.64. The van der Waals surface area contributed by atoms with Crippen LogP contribution < -0.4 is 5.73 Å². The fourth-order valence-corrected chi connectivity index (χ4v) is 3.55. The standard InChI is InChI=1S/C16H26FN3O/c1-10-7-13(15-8-14(17)11(2)19-20-15)16(3,21)9-12(10)5-4-6-18/h4,6,10,12-14,21H,5,7-9,18H2,1-3H3/b6-4+. The van der Waals surface area contributed by atoms with Crippen molar-refractivity contribution in [2.75, 3.05) is 0 Å². The Kier molecular flexibility index (Phi) is 4.81. The lowest BCUT2D eigenvalue weighted by Gasteiger charge is -2.45. The molecule has 0 aromatic carbocycles. The van der Waals surface area contributed by atoms with E-state index in [-0.39, 0.29) is 12.3 Å². The van der Waals surface area contributed by atoms with Crippen molar-refractivity contribution in [1.29, 1.82) is 0 Å². The number of halogens is 1. The predicted molar refractivity (Wildman–Crippen MR) is 84.0 cm³/mol. The van der Waals surface area contributed by atoms with Crippen LogP contribution in [0, 0.1) is 17.8 Å². The molecule has 0 radical (unpaired) electrons. The lowest BCUT2D eigenvalue weighted by molar-refractivity contribution is -0.0428. The minimum atomic E-state index is -1.07. The van der Waals surface area contributed by atoms with Crippen molar-refractivity contribution in [3.63, 3.8) is 0 Å². The van der Waals surface area contributed by atoms with Crippen molar-refractivity contribution in [2.45, 2.75) is 58.2 Å². The molecule has 1 fully saturated rings. The van der Waals surface area contributed by atoms with Gasteiger partial charge in [-0.3, -0.25) is 0 Å². The van der Waals surface area contributed by atoms with Crippen LogP contribution in [-0.4, -0.2) is 28.3 Å². The van der Waals surface area contributed by atoms with Gasteiger partial charge in [-0.25, -0.2) is 4.39 Å². The molecule has 5 unspecified atom stereocenters. The van der Waals surface area contributed by atoms with E-state index in [0.29, 0.717) is 29.7 Å². The second kappa shape index (κ2) is 6.26. The number of hydrogen-bond acceptors (Lipinski definition) is 4. The van der Waals surface area contributed by atoms with Gasteiger partial charge < -0.3 is 10.8 Å².